The highest BCUT2D eigenvalue weighted by atomic mass is 19.1. The van der Waals surface area contributed by atoms with Gasteiger partial charge >= 0.3 is 0 Å². The summed E-state index contributed by atoms with van der Waals surface area (Å²) in [7, 11) is 1.42. The molecule has 2 nitrogen and oxygen atoms in total. The Balaban J connectivity index is 2.56. The zero-order valence-corrected chi connectivity index (χ0v) is 9.08. The molecule has 88 valence electrons. The SMILES string of the molecule is COc1ccc(-c2cc(F)ccc2O)c(F)c1. The van der Waals surface area contributed by atoms with Gasteiger partial charge in [-0.15, -0.1) is 0 Å². The minimum atomic E-state index is -0.578. The van der Waals surface area contributed by atoms with Crippen LogP contribution in [0.1, 0.15) is 0 Å². The van der Waals surface area contributed by atoms with E-state index in [0.717, 1.165) is 12.1 Å². The molecule has 4 heteroatoms. The Hall–Kier alpha value is -2.10. The summed E-state index contributed by atoms with van der Waals surface area (Å²) >= 11 is 0. The van der Waals surface area contributed by atoms with Crippen LogP contribution >= 0.6 is 0 Å². The molecule has 0 amide bonds. The van der Waals surface area contributed by atoms with Crippen molar-refractivity contribution in [1.82, 2.24) is 0 Å². The van der Waals surface area contributed by atoms with Crippen molar-refractivity contribution in [3.8, 4) is 22.6 Å². The zero-order valence-electron chi connectivity index (χ0n) is 9.08. The minimum Gasteiger partial charge on any atom is -0.507 e. The van der Waals surface area contributed by atoms with E-state index in [0.29, 0.717) is 5.75 Å². The summed E-state index contributed by atoms with van der Waals surface area (Å²) in [5.41, 5.74) is 0.243. The molecule has 17 heavy (non-hydrogen) atoms. The van der Waals surface area contributed by atoms with Gasteiger partial charge in [-0.2, -0.15) is 0 Å². The number of phenols is 1. The molecular weight excluding hydrogens is 226 g/mol. The second-order valence-corrected chi connectivity index (χ2v) is 3.51. The summed E-state index contributed by atoms with van der Waals surface area (Å²) in [4.78, 5) is 0. The fourth-order valence-corrected chi connectivity index (χ4v) is 1.57. The lowest BCUT2D eigenvalue weighted by Crippen LogP contribution is -1.89. The number of aromatic hydroxyl groups is 1. The van der Waals surface area contributed by atoms with Gasteiger partial charge in [0.25, 0.3) is 0 Å². The Labute approximate surface area is 97.1 Å². The monoisotopic (exact) mass is 236 g/mol. The number of hydrogen-bond donors (Lipinski definition) is 1. The quantitative estimate of drug-likeness (QED) is 0.866. The first-order chi connectivity index (χ1) is 8.11. The Morgan fingerprint density at radius 3 is 2.41 bits per heavy atom. The molecule has 0 aliphatic rings. The first kappa shape index (κ1) is 11.4. The molecule has 0 atom stereocenters. The maximum atomic E-state index is 13.7. The second kappa shape index (κ2) is 4.41. The van der Waals surface area contributed by atoms with Crippen LogP contribution in [0.15, 0.2) is 36.4 Å². The third kappa shape index (κ3) is 2.20. The number of rotatable bonds is 2. The standard InChI is InChI=1S/C13H10F2O2/c1-17-9-3-4-10(12(15)7-9)11-6-8(14)2-5-13(11)16/h2-7,16H,1H3. The van der Waals surface area contributed by atoms with Crippen LogP contribution in [0.5, 0.6) is 11.5 Å². The van der Waals surface area contributed by atoms with Crippen molar-refractivity contribution in [2.24, 2.45) is 0 Å². The highest BCUT2D eigenvalue weighted by Crippen LogP contribution is 2.33. The van der Waals surface area contributed by atoms with Crippen molar-refractivity contribution in [2.75, 3.05) is 7.11 Å². The third-order valence-electron chi connectivity index (χ3n) is 2.43. The molecule has 0 bridgehead atoms. The number of ether oxygens (including phenoxy) is 1. The van der Waals surface area contributed by atoms with Crippen molar-refractivity contribution in [3.05, 3.63) is 48.0 Å². The number of hydrogen-bond acceptors (Lipinski definition) is 2. The molecule has 0 spiro atoms. The average Bonchev–Trinajstić information content (AvgIpc) is 2.32. The zero-order chi connectivity index (χ0) is 12.4. The number of benzene rings is 2. The van der Waals surface area contributed by atoms with Crippen molar-refractivity contribution in [2.45, 2.75) is 0 Å². The minimum absolute atomic E-state index is 0.116. The molecule has 2 rings (SSSR count). The van der Waals surface area contributed by atoms with Gasteiger partial charge in [-0.1, -0.05) is 0 Å². The number of halogens is 2. The Morgan fingerprint density at radius 1 is 1.00 bits per heavy atom. The molecule has 0 fully saturated rings. The van der Waals surface area contributed by atoms with Gasteiger partial charge in [0.05, 0.1) is 7.11 Å². The fraction of sp³-hybridized carbons (Fsp3) is 0.0769. The van der Waals surface area contributed by atoms with Crippen LogP contribution in [0, 0.1) is 11.6 Å². The lowest BCUT2D eigenvalue weighted by atomic mass is 10.0. The van der Waals surface area contributed by atoms with Gasteiger partial charge in [-0.05, 0) is 30.3 Å². The Bertz CT molecular complexity index is 553. The first-order valence-corrected chi connectivity index (χ1v) is 4.94. The van der Waals surface area contributed by atoms with E-state index in [2.05, 4.69) is 0 Å². The van der Waals surface area contributed by atoms with E-state index in [1.165, 1.54) is 25.3 Å². The van der Waals surface area contributed by atoms with E-state index in [9.17, 15) is 13.9 Å². The van der Waals surface area contributed by atoms with Crippen molar-refractivity contribution >= 4 is 0 Å². The highest BCUT2D eigenvalue weighted by Gasteiger charge is 2.11. The molecule has 0 heterocycles. The molecule has 0 radical (unpaired) electrons. The van der Waals surface area contributed by atoms with Gasteiger partial charge in [0, 0.05) is 17.2 Å². The van der Waals surface area contributed by atoms with E-state index < -0.39 is 11.6 Å². The lowest BCUT2D eigenvalue weighted by Gasteiger charge is -2.07. The molecule has 0 aliphatic heterocycles. The van der Waals surface area contributed by atoms with Crippen LogP contribution in [0.25, 0.3) is 11.1 Å². The van der Waals surface area contributed by atoms with Crippen LogP contribution in [0.3, 0.4) is 0 Å². The Kier molecular flexibility index (Phi) is 2.95. The third-order valence-corrected chi connectivity index (χ3v) is 2.43. The lowest BCUT2D eigenvalue weighted by molar-refractivity contribution is 0.411. The predicted octanol–water partition coefficient (Wildman–Crippen LogP) is 3.35. The molecule has 0 saturated heterocycles. The van der Waals surface area contributed by atoms with Gasteiger partial charge < -0.3 is 9.84 Å². The second-order valence-electron chi connectivity index (χ2n) is 3.51. The van der Waals surface area contributed by atoms with Crippen LogP contribution in [-0.2, 0) is 0 Å². The van der Waals surface area contributed by atoms with Crippen molar-refractivity contribution in [1.29, 1.82) is 0 Å². The van der Waals surface area contributed by atoms with Crippen molar-refractivity contribution < 1.29 is 18.6 Å². The molecule has 0 aliphatic carbocycles. The molecule has 2 aromatic rings. The molecule has 0 unspecified atom stereocenters. The van der Waals surface area contributed by atoms with E-state index in [-0.39, 0.29) is 16.9 Å². The number of methoxy groups -OCH3 is 1. The normalized spacial score (nSPS) is 10.3. The summed E-state index contributed by atoms with van der Waals surface area (Å²) in [6, 6.07) is 7.54. The highest BCUT2D eigenvalue weighted by molar-refractivity contribution is 5.71. The predicted molar refractivity (Wildman–Crippen MR) is 60.0 cm³/mol. The average molecular weight is 236 g/mol. The topological polar surface area (TPSA) is 29.5 Å². The van der Waals surface area contributed by atoms with E-state index in [1.807, 2.05) is 0 Å². The summed E-state index contributed by atoms with van der Waals surface area (Å²) < 4.78 is 31.6. The summed E-state index contributed by atoms with van der Waals surface area (Å²) in [5, 5.41) is 9.57. The van der Waals surface area contributed by atoms with Crippen molar-refractivity contribution in [3.63, 3.8) is 0 Å². The fourth-order valence-electron chi connectivity index (χ4n) is 1.57. The van der Waals surface area contributed by atoms with E-state index in [4.69, 9.17) is 4.74 Å². The first-order valence-electron chi connectivity index (χ1n) is 4.94. The maximum Gasteiger partial charge on any atom is 0.134 e. The smallest absolute Gasteiger partial charge is 0.134 e. The van der Waals surface area contributed by atoms with Crippen LogP contribution in [-0.4, -0.2) is 12.2 Å². The Morgan fingerprint density at radius 2 is 1.76 bits per heavy atom. The molecular formula is C13H10F2O2. The maximum absolute atomic E-state index is 13.7. The molecule has 0 aromatic heterocycles. The number of phenolic OH excluding ortho intramolecular Hbond substituents is 1. The van der Waals surface area contributed by atoms with Crippen LogP contribution in [0.2, 0.25) is 0 Å². The largest absolute Gasteiger partial charge is 0.507 e. The molecule has 0 saturated carbocycles. The van der Waals surface area contributed by atoms with Crippen LogP contribution < -0.4 is 4.74 Å². The summed E-state index contributed by atoms with van der Waals surface area (Å²) in [6.45, 7) is 0. The van der Waals surface area contributed by atoms with Gasteiger partial charge in [0.1, 0.15) is 23.1 Å². The molecule has 2 aromatic carbocycles. The summed E-state index contributed by atoms with van der Waals surface area (Å²) in [5.74, 6) is -0.920. The van der Waals surface area contributed by atoms with Gasteiger partial charge in [-0.25, -0.2) is 8.78 Å². The van der Waals surface area contributed by atoms with Crippen LogP contribution in [0.4, 0.5) is 8.78 Å². The van der Waals surface area contributed by atoms with Gasteiger partial charge in [0.15, 0.2) is 0 Å². The van der Waals surface area contributed by atoms with E-state index in [1.54, 1.807) is 6.07 Å². The summed E-state index contributed by atoms with van der Waals surface area (Å²) in [6.07, 6.45) is 0. The van der Waals surface area contributed by atoms with Gasteiger partial charge in [-0.3, -0.25) is 0 Å². The van der Waals surface area contributed by atoms with Gasteiger partial charge in [0.2, 0.25) is 0 Å². The molecule has 1 N–H and O–H groups in total. The van der Waals surface area contributed by atoms with E-state index >= 15 is 0 Å².